The summed E-state index contributed by atoms with van der Waals surface area (Å²) in [6.07, 6.45) is 1.44. The number of pyridine rings is 1. The van der Waals surface area contributed by atoms with Crippen molar-refractivity contribution in [1.29, 1.82) is 5.26 Å². The van der Waals surface area contributed by atoms with Gasteiger partial charge in [-0.3, -0.25) is 4.79 Å². The summed E-state index contributed by atoms with van der Waals surface area (Å²) >= 11 is 0. The first kappa shape index (κ1) is 16.2. The van der Waals surface area contributed by atoms with Gasteiger partial charge in [0.25, 0.3) is 0 Å². The van der Waals surface area contributed by atoms with E-state index in [2.05, 4.69) is 21.3 Å². The van der Waals surface area contributed by atoms with E-state index < -0.39 is 6.04 Å². The molecular weight excluding hydrogens is 302 g/mol. The molecule has 0 radical (unpaired) electrons. The van der Waals surface area contributed by atoms with E-state index in [1.54, 1.807) is 0 Å². The van der Waals surface area contributed by atoms with Crippen LogP contribution in [0.4, 0.5) is 5.82 Å². The van der Waals surface area contributed by atoms with Crippen LogP contribution >= 0.6 is 0 Å². The summed E-state index contributed by atoms with van der Waals surface area (Å²) in [6.45, 7) is 3.29. The fraction of sp³-hybridized carbons (Fsp3) is 0.389. The maximum absolute atomic E-state index is 11.9. The number of anilines is 1. The van der Waals surface area contributed by atoms with Gasteiger partial charge >= 0.3 is 0 Å². The van der Waals surface area contributed by atoms with Crippen LogP contribution in [0.5, 0.6) is 0 Å². The van der Waals surface area contributed by atoms with Gasteiger partial charge in [-0.2, -0.15) is 5.26 Å². The molecule has 1 fully saturated rings. The maximum atomic E-state index is 11.9. The molecule has 6 heteroatoms. The van der Waals surface area contributed by atoms with E-state index in [0.29, 0.717) is 24.3 Å². The molecule has 2 heterocycles. The van der Waals surface area contributed by atoms with Gasteiger partial charge in [-0.1, -0.05) is 25.1 Å². The molecule has 1 aliphatic heterocycles. The van der Waals surface area contributed by atoms with Gasteiger partial charge in [-0.05, 0) is 25.0 Å². The smallest absolute Gasteiger partial charge is 0.237 e. The Morgan fingerprint density at radius 1 is 1.54 bits per heavy atom. The van der Waals surface area contributed by atoms with Crippen molar-refractivity contribution >= 4 is 22.6 Å². The summed E-state index contributed by atoms with van der Waals surface area (Å²) in [4.78, 5) is 18.7. The predicted molar refractivity (Wildman–Crippen MR) is 93.5 cm³/mol. The molecule has 1 aromatic heterocycles. The summed E-state index contributed by atoms with van der Waals surface area (Å²) in [5, 5.41) is 13.4. The number of hydrogen-bond acceptors (Lipinski definition) is 5. The molecule has 3 N–H and O–H groups in total. The highest BCUT2D eigenvalue weighted by Gasteiger charge is 2.27. The lowest BCUT2D eigenvalue weighted by molar-refractivity contribution is -0.123. The molecule has 24 heavy (non-hydrogen) atoms. The fourth-order valence-electron chi connectivity index (χ4n) is 2.99. The largest absolute Gasteiger partial charge is 0.353 e. The van der Waals surface area contributed by atoms with E-state index >= 15 is 0 Å². The Kier molecular flexibility index (Phi) is 4.63. The molecular formula is C18H21N5O. The van der Waals surface area contributed by atoms with Gasteiger partial charge in [0.1, 0.15) is 11.9 Å². The Morgan fingerprint density at radius 2 is 2.33 bits per heavy atom. The van der Waals surface area contributed by atoms with Crippen LogP contribution < -0.4 is 16.0 Å². The number of aromatic nitrogens is 1. The van der Waals surface area contributed by atoms with Crippen LogP contribution in [0.3, 0.4) is 0 Å². The molecule has 124 valence electrons. The number of nitrogens with zero attached hydrogens (tertiary/aromatic N) is 3. The lowest BCUT2D eigenvalue weighted by atomic mass is 10.1. The number of carbonyl (C=O) groups is 1. The SMILES string of the molecule is CCC(N)C(=O)NC1CCN(c2nc3ccccc3cc2C#N)C1. The number of rotatable bonds is 4. The Labute approximate surface area is 141 Å². The monoisotopic (exact) mass is 323 g/mol. The second-order valence-corrected chi connectivity index (χ2v) is 6.12. The highest BCUT2D eigenvalue weighted by atomic mass is 16.2. The van der Waals surface area contributed by atoms with Crippen molar-refractivity contribution in [3.63, 3.8) is 0 Å². The van der Waals surface area contributed by atoms with E-state index in [4.69, 9.17) is 5.73 Å². The summed E-state index contributed by atoms with van der Waals surface area (Å²) in [7, 11) is 0. The van der Waals surface area contributed by atoms with Crippen LogP contribution in [-0.2, 0) is 4.79 Å². The molecule has 1 amide bonds. The maximum Gasteiger partial charge on any atom is 0.237 e. The number of nitriles is 1. The second-order valence-electron chi connectivity index (χ2n) is 6.12. The number of carbonyl (C=O) groups excluding carboxylic acids is 1. The van der Waals surface area contributed by atoms with Gasteiger partial charge in [0, 0.05) is 24.5 Å². The molecule has 0 spiro atoms. The summed E-state index contributed by atoms with van der Waals surface area (Å²) in [5.41, 5.74) is 7.20. The Bertz CT molecular complexity index is 798. The second kappa shape index (κ2) is 6.85. The van der Waals surface area contributed by atoms with Crippen molar-refractivity contribution in [2.75, 3.05) is 18.0 Å². The normalized spacial score (nSPS) is 18.4. The Hall–Kier alpha value is -2.65. The van der Waals surface area contributed by atoms with E-state index in [1.807, 2.05) is 37.3 Å². The predicted octanol–water partition coefficient (Wildman–Crippen LogP) is 1.54. The van der Waals surface area contributed by atoms with E-state index in [0.717, 1.165) is 23.9 Å². The molecule has 0 saturated carbocycles. The van der Waals surface area contributed by atoms with Crippen molar-refractivity contribution in [2.45, 2.75) is 31.8 Å². The van der Waals surface area contributed by atoms with Gasteiger partial charge in [0.15, 0.2) is 0 Å². The van der Waals surface area contributed by atoms with E-state index in [-0.39, 0.29) is 11.9 Å². The average molecular weight is 323 g/mol. The Balaban J connectivity index is 1.79. The average Bonchev–Trinajstić information content (AvgIpc) is 3.07. The number of nitrogens with one attached hydrogen (secondary N) is 1. The molecule has 1 aromatic carbocycles. The van der Waals surface area contributed by atoms with Crippen LogP contribution in [0.15, 0.2) is 30.3 Å². The summed E-state index contributed by atoms with van der Waals surface area (Å²) in [5.74, 6) is 0.573. The van der Waals surface area contributed by atoms with Crippen molar-refractivity contribution in [2.24, 2.45) is 5.73 Å². The number of fused-ring (bicyclic) bond motifs is 1. The first-order valence-corrected chi connectivity index (χ1v) is 8.23. The molecule has 0 bridgehead atoms. The highest BCUT2D eigenvalue weighted by molar-refractivity contribution is 5.83. The zero-order valence-corrected chi connectivity index (χ0v) is 13.7. The number of para-hydroxylation sites is 1. The molecule has 1 aliphatic rings. The van der Waals surface area contributed by atoms with Crippen molar-refractivity contribution in [3.8, 4) is 6.07 Å². The third-order valence-electron chi connectivity index (χ3n) is 4.44. The minimum atomic E-state index is -0.465. The molecule has 2 atom stereocenters. The van der Waals surface area contributed by atoms with Crippen LogP contribution in [-0.4, -0.2) is 36.1 Å². The minimum Gasteiger partial charge on any atom is -0.353 e. The lowest BCUT2D eigenvalue weighted by Gasteiger charge is -2.20. The van der Waals surface area contributed by atoms with Gasteiger partial charge in [0.2, 0.25) is 5.91 Å². The topological polar surface area (TPSA) is 95.0 Å². The fourth-order valence-corrected chi connectivity index (χ4v) is 2.99. The van der Waals surface area contributed by atoms with E-state index in [9.17, 15) is 10.1 Å². The summed E-state index contributed by atoms with van der Waals surface area (Å²) < 4.78 is 0. The first-order valence-electron chi connectivity index (χ1n) is 8.23. The molecule has 1 saturated heterocycles. The van der Waals surface area contributed by atoms with Crippen LogP contribution in [0.2, 0.25) is 0 Å². The molecule has 2 aromatic rings. The third kappa shape index (κ3) is 3.17. The van der Waals surface area contributed by atoms with Gasteiger partial charge < -0.3 is 16.0 Å². The van der Waals surface area contributed by atoms with Crippen molar-refractivity contribution < 1.29 is 4.79 Å². The number of hydrogen-bond donors (Lipinski definition) is 2. The Morgan fingerprint density at radius 3 is 3.08 bits per heavy atom. The summed E-state index contributed by atoms with van der Waals surface area (Å²) in [6, 6.07) is 11.4. The number of nitrogens with two attached hydrogens (primary N) is 1. The zero-order valence-electron chi connectivity index (χ0n) is 13.7. The van der Waals surface area contributed by atoms with Crippen LogP contribution in [0.25, 0.3) is 10.9 Å². The highest BCUT2D eigenvalue weighted by Crippen LogP contribution is 2.26. The van der Waals surface area contributed by atoms with E-state index in [1.165, 1.54) is 0 Å². The van der Waals surface area contributed by atoms with Crippen molar-refractivity contribution in [3.05, 3.63) is 35.9 Å². The lowest BCUT2D eigenvalue weighted by Crippen LogP contribution is -2.46. The zero-order chi connectivity index (χ0) is 17.1. The van der Waals surface area contributed by atoms with Crippen molar-refractivity contribution in [1.82, 2.24) is 10.3 Å². The number of benzene rings is 1. The number of amides is 1. The molecule has 2 unspecified atom stereocenters. The van der Waals surface area contributed by atoms with Gasteiger partial charge in [0.05, 0.1) is 17.1 Å². The quantitative estimate of drug-likeness (QED) is 0.890. The van der Waals surface area contributed by atoms with Gasteiger partial charge in [-0.15, -0.1) is 0 Å². The van der Waals surface area contributed by atoms with Crippen LogP contribution in [0, 0.1) is 11.3 Å². The molecule has 0 aliphatic carbocycles. The molecule has 3 rings (SSSR count). The standard InChI is InChI=1S/C18H21N5O/c1-2-15(20)18(24)21-14-7-8-23(11-14)17-13(10-19)9-12-5-3-4-6-16(12)22-17/h3-6,9,14-15H,2,7-8,11,20H2,1H3,(H,21,24). The third-order valence-corrected chi connectivity index (χ3v) is 4.44. The molecule has 6 nitrogen and oxygen atoms in total. The van der Waals surface area contributed by atoms with Gasteiger partial charge in [-0.25, -0.2) is 4.98 Å². The first-order chi connectivity index (χ1) is 11.6. The minimum absolute atomic E-state index is 0.0370. The van der Waals surface area contributed by atoms with Crippen LogP contribution in [0.1, 0.15) is 25.3 Å².